The van der Waals surface area contributed by atoms with Crippen molar-refractivity contribution in [2.24, 2.45) is 0 Å². The minimum absolute atomic E-state index is 0.0196. The van der Waals surface area contributed by atoms with Crippen molar-refractivity contribution in [1.82, 2.24) is 5.32 Å². The average Bonchev–Trinajstić information content (AvgIpc) is 3.51. The second-order valence-corrected chi connectivity index (χ2v) is 27.4. The van der Waals surface area contributed by atoms with Crippen LogP contribution in [0.4, 0.5) is 0 Å². The number of aliphatic hydroxyl groups excluding tert-OH is 2. The molecule has 6 heteroatoms. The smallest absolute Gasteiger partial charge is 0.305 e. The third kappa shape index (κ3) is 71.6. The first-order valence-corrected chi connectivity index (χ1v) is 39.4. The van der Waals surface area contributed by atoms with Gasteiger partial charge in [-0.2, -0.15) is 0 Å². The van der Waals surface area contributed by atoms with E-state index < -0.39 is 12.1 Å². The molecule has 0 heterocycles. The lowest BCUT2D eigenvalue weighted by Crippen LogP contribution is -2.45. The van der Waals surface area contributed by atoms with Crippen LogP contribution in [-0.4, -0.2) is 47.4 Å². The highest BCUT2D eigenvalue weighted by atomic mass is 16.5. The van der Waals surface area contributed by atoms with Gasteiger partial charge in [-0.15, -0.1) is 0 Å². The number of amides is 1. The summed E-state index contributed by atoms with van der Waals surface area (Å²) in [6.07, 6.45) is 94.5. The Hall–Kier alpha value is -1.40. The highest BCUT2D eigenvalue weighted by Crippen LogP contribution is 2.20. The van der Waals surface area contributed by atoms with Gasteiger partial charge in [0.25, 0.3) is 0 Å². The molecule has 3 N–H and O–H groups in total. The molecule has 0 aromatic rings. The zero-order chi connectivity index (χ0) is 61.3. The molecule has 85 heavy (non-hydrogen) atoms. The quantitative estimate of drug-likeness (QED) is 0.0320. The molecule has 2 atom stereocenters. The van der Waals surface area contributed by atoms with Crippen LogP contribution in [0.3, 0.4) is 0 Å². The van der Waals surface area contributed by atoms with Crippen molar-refractivity contribution in [2.45, 2.75) is 469 Å². The number of aliphatic hydroxyl groups is 2. The predicted molar refractivity (Wildman–Crippen MR) is 375 cm³/mol. The summed E-state index contributed by atoms with van der Waals surface area (Å²) in [6.45, 7) is 5.00. The molecule has 0 aliphatic rings. The lowest BCUT2D eigenvalue weighted by molar-refractivity contribution is -0.143. The number of unbranched alkanes of at least 4 members (excludes halogenated alkanes) is 62. The van der Waals surface area contributed by atoms with Crippen LogP contribution < -0.4 is 5.32 Å². The van der Waals surface area contributed by atoms with Crippen LogP contribution in [0, 0.1) is 0 Å². The predicted octanol–water partition coefficient (Wildman–Crippen LogP) is 25.9. The van der Waals surface area contributed by atoms with Crippen LogP contribution in [0.1, 0.15) is 457 Å². The van der Waals surface area contributed by atoms with Gasteiger partial charge in [-0.25, -0.2) is 0 Å². The fraction of sp³-hybridized carbons (Fsp3) is 0.949. The van der Waals surface area contributed by atoms with E-state index in [2.05, 4.69) is 31.3 Å². The zero-order valence-electron chi connectivity index (χ0n) is 58.1. The van der Waals surface area contributed by atoms with Crippen molar-refractivity contribution in [2.75, 3.05) is 13.2 Å². The van der Waals surface area contributed by atoms with Crippen molar-refractivity contribution >= 4 is 11.9 Å². The highest BCUT2D eigenvalue weighted by molar-refractivity contribution is 5.76. The van der Waals surface area contributed by atoms with Crippen LogP contribution in [0.2, 0.25) is 0 Å². The standard InChI is InChI=1S/C79H155NO5/c1-3-5-7-9-11-13-15-17-19-21-40-43-47-51-55-59-63-67-71-77(82)76(75-81)80-78(83)72-68-64-60-56-52-48-44-41-37-35-33-31-29-27-25-23-22-24-26-28-30-32-34-36-38-42-46-50-54-58-62-66-70-74-85-79(84)73-69-65-61-57-53-49-45-39-20-18-16-14-12-10-8-6-4-2/h18,20,76-77,81-82H,3-17,19,21-75H2,1-2H3,(H,80,83)/b20-18-. The van der Waals surface area contributed by atoms with Gasteiger partial charge in [-0.3, -0.25) is 9.59 Å². The molecule has 6 nitrogen and oxygen atoms in total. The normalized spacial score (nSPS) is 12.5. The molecule has 0 bridgehead atoms. The number of rotatable bonds is 75. The third-order valence-electron chi connectivity index (χ3n) is 18.8. The monoisotopic (exact) mass is 1200 g/mol. The third-order valence-corrected chi connectivity index (χ3v) is 18.8. The number of carbonyl (C=O) groups is 2. The summed E-state index contributed by atoms with van der Waals surface area (Å²) in [4.78, 5) is 24.7. The maximum absolute atomic E-state index is 12.5. The van der Waals surface area contributed by atoms with Gasteiger partial charge in [0.05, 0.1) is 25.4 Å². The van der Waals surface area contributed by atoms with E-state index in [1.54, 1.807) is 0 Å². The number of hydrogen-bond acceptors (Lipinski definition) is 5. The van der Waals surface area contributed by atoms with Crippen LogP contribution in [0.25, 0.3) is 0 Å². The van der Waals surface area contributed by atoms with Crippen LogP contribution in [-0.2, 0) is 14.3 Å². The van der Waals surface area contributed by atoms with Crippen LogP contribution >= 0.6 is 0 Å². The molecule has 2 unspecified atom stereocenters. The first-order valence-electron chi connectivity index (χ1n) is 39.4. The topological polar surface area (TPSA) is 95.9 Å². The molecule has 0 radical (unpaired) electrons. The van der Waals surface area contributed by atoms with E-state index >= 15 is 0 Å². The number of allylic oxidation sites excluding steroid dienone is 2. The number of nitrogens with one attached hydrogen (secondary N) is 1. The fourth-order valence-electron chi connectivity index (χ4n) is 12.8. The Morgan fingerprint density at radius 3 is 0.835 bits per heavy atom. The number of ether oxygens (including phenoxy) is 1. The van der Waals surface area contributed by atoms with Gasteiger partial charge in [0.2, 0.25) is 5.91 Å². The van der Waals surface area contributed by atoms with Crippen LogP contribution in [0.15, 0.2) is 12.2 Å². The lowest BCUT2D eigenvalue weighted by Gasteiger charge is -2.22. The second-order valence-electron chi connectivity index (χ2n) is 27.4. The molecule has 0 aromatic heterocycles. The lowest BCUT2D eigenvalue weighted by atomic mass is 10.0. The van der Waals surface area contributed by atoms with E-state index in [0.29, 0.717) is 25.9 Å². The maximum atomic E-state index is 12.5. The summed E-state index contributed by atoms with van der Waals surface area (Å²) < 4.78 is 5.51. The average molecular weight is 1200 g/mol. The largest absolute Gasteiger partial charge is 0.466 e. The van der Waals surface area contributed by atoms with E-state index in [1.165, 1.54) is 385 Å². The summed E-state index contributed by atoms with van der Waals surface area (Å²) in [5, 5.41) is 23.4. The zero-order valence-corrected chi connectivity index (χ0v) is 58.1. The maximum Gasteiger partial charge on any atom is 0.305 e. The summed E-state index contributed by atoms with van der Waals surface area (Å²) in [7, 11) is 0. The second kappa shape index (κ2) is 75.1. The Morgan fingerprint density at radius 2 is 0.553 bits per heavy atom. The van der Waals surface area contributed by atoms with E-state index in [9.17, 15) is 19.8 Å². The minimum Gasteiger partial charge on any atom is -0.466 e. The molecule has 0 rings (SSSR count). The Balaban J connectivity index is 3.31. The summed E-state index contributed by atoms with van der Waals surface area (Å²) in [5.74, 6) is -0.00564. The molecule has 0 aromatic carbocycles. The summed E-state index contributed by atoms with van der Waals surface area (Å²) in [6, 6.07) is -0.538. The van der Waals surface area contributed by atoms with Crippen molar-refractivity contribution < 1.29 is 24.5 Å². The van der Waals surface area contributed by atoms with E-state index in [1.807, 2.05) is 0 Å². The molecule has 506 valence electrons. The van der Waals surface area contributed by atoms with Gasteiger partial charge >= 0.3 is 5.97 Å². The Labute approximate surface area is 533 Å². The summed E-state index contributed by atoms with van der Waals surface area (Å²) in [5.41, 5.74) is 0. The number of esters is 1. The molecule has 1 amide bonds. The van der Waals surface area contributed by atoms with Gasteiger partial charge in [-0.1, -0.05) is 405 Å². The Kier molecular flexibility index (Phi) is 73.8. The Morgan fingerprint density at radius 1 is 0.318 bits per heavy atom. The number of carbonyl (C=O) groups excluding carboxylic acids is 2. The fourth-order valence-corrected chi connectivity index (χ4v) is 12.8. The van der Waals surface area contributed by atoms with E-state index in [4.69, 9.17) is 4.74 Å². The van der Waals surface area contributed by atoms with Crippen molar-refractivity contribution in [3.05, 3.63) is 12.2 Å². The van der Waals surface area contributed by atoms with Gasteiger partial charge in [0, 0.05) is 12.8 Å². The van der Waals surface area contributed by atoms with Gasteiger partial charge in [-0.05, 0) is 51.4 Å². The van der Waals surface area contributed by atoms with Crippen molar-refractivity contribution in [1.29, 1.82) is 0 Å². The molecule has 0 saturated heterocycles. The Bertz CT molecular complexity index is 1290. The van der Waals surface area contributed by atoms with Gasteiger partial charge in [0.1, 0.15) is 0 Å². The summed E-state index contributed by atoms with van der Waals surface area (Å²) >= 11 is 0. The number of hydrogen-bond donors (Lipinski definition) is 3. The molecular weight excluding hydrogens is 1040 g/mol. The van der Waals surface area contributed by atoms with Gasteiger partial charge in [0.15, 0.2) is 0 Å². The highest BCUT2D eigenvalue weighted by Gasteiger charge is 2.20. The van der Waals surface area contributed by atoms with E-state index in [-0.39, 0.29) is 18.5 Å². The minimum atomic E-state index is -0.661. The van der Waals surface area contributed by atoms with Crippen molar-refractivity contribution in [3.63, 3.8) is 0 Å². The molecule has 0 fully saturated rings. The molecular formula is C79H155NO5. The van der Waals surface area contributed by atoms with E-state index in [0.717, 1.165) is 38.5 Å². The molecule has 0 saturated carbocycles. The molecule has 0 aliphatic carbocycles. The molecule has 0 aliphatic heterocycles. The van der Waals surface area contributed by atoms with Gasteiger partial charge < -0.3 is 20.3 Å². The SMILES string of the molecule is CCCCCCCC/C=C\CCCCCCCCCC(=O)OCCCCCCCCCCCCCCCCCCCCCCCCCCCCCCCCCCCC(=O)NC(CO)C(O)CCCCCCCCCCCCCCCCCCCC. The first kappa shape index (κ1) is 83.6. The van der Waals surface area contributed by atoms with Crippen molar-refractivity contribution in [3.8, 4) is 0 Å². The molecule has 0 spiro atoms. The first-order chi connectivity index (χ1) is 42.0. The van der Waals surface area contributed by atoms with Crippen LogP contribution in [0.5, 0.6) is 0 Å².